The van der Waals surface area contributed by atoms with Crippen LogP contribution < -0.4 is 11.1 Å². The van der Waals surface area contributed by atoms with Crippen LogP contribution in [0.4, 0.5) is 0 Å². The fraction of sp³-hybridized carbons (Fsp3) is 0.857. The first-order valence-corrected chi connectivity index (χ1v) is 13.5. The summed E-state index contributed by atoms with van der Waals surface area (Å²) >= 11 is 0. The van der Waals surface area contributed by atoms with E-state index in [1.807, 2.05) is 0 Å². The molecule has 2 aliphatic rings. The predicted octanol–water partition coefficient (Wildman–Crippen LogP) is 6.79. The Kier molecular flexibility index (Phi) is 11.8. The van der Waals surface area contributed by atoms with Crippen LogP contribution in [0.5, 0.6) is 0 Å². The highest BCUT2D eigenvalue weighted by molar-refractivity contribution is 5.23. The van der Waals surface area contributed by atoms with Crippen LogP contribution in [0, 0.1) is 11.3 Å². The lowest BCUT2D eigenvalue weighted by Crippen LogP contribution is -2.49. The van der Waals surface area contributed by atoms with Gasteiger partial charge >= 0.3 is 0 Å². The largest absolute Gasteiger partial charge is 0.316 e. The molecule has 0 aromatic rings. The standard InChI is InChI=1S/C28H53N3/c1-6-7-8-12-17-26(24(4)23(2)3)28(5,22-30-25-15-10-9-11-16-25)19-13-18-27(29)31-20-14-21-31/h10,15,23,25,27,30H,6-9,11-14,16-22,29H2,1-5H3/t25?,27-,28?/m0/s1. The minimum atomic E-state index is 0.223. The van der Waals surface area contributed by atoms with E-state index in [2.05, 4.69) is 57.0 Å². The Morgan fingerprint density at radius 1 is 1.16 bits per heavy atom. The zero-order valence-corrected chi connectivity index (χ0v) is 21.5. The van der Waals surface area contributed by atoms with Crippen molar-refractivity contribution in [2.75, 3.05) is 19.6 Å². The average molecular weight is 432 g/mol. The van der Waals surface area contributed by atoms with Crippen molar-refractivity contribution in [1.82, 2.24) is 10.2 Å². The molecular formula is C28H53N3. The molecule has 1 aliphatic heterocycles. The topological polar surface area (TPSA) is 41.3 Å². The van der Waals surface area contributed by atoms with Crippen LogP contribution in [0.2, 0.25) is 0 Å². The quantitative estimate of drug-likeness (QED) is 0.221. The monoisotopic (exact) mass is 431 g/mol. The summed E-state index contributed by atoms with van der Waals surface area (Å²) in [6, 6.07) is 0.553. The molecule has 3 N–H and O–H groups in total. The molecule has 0 amide bonds. The molecule has 3 atom stereocenters. The van der Waals surface area contributed by atoms with Gasteiger partial charge in [-0.3, -0.25) is 4.90 Å². The zero-order valence-electron chi connectivity index (χ0n) is 21.5. The Balaban J connectivity index is 2.10. The lowest BCUT2D eigenvalue weighted by atomic mass is 9.72. The molecule has 3 nitrogen and oxygen atoms in total. The van der Waals surface area contributed by atoms with Gasteiger partial charge in [0.1, 0.15) is 0 Å². The number of rotatable bonds is 15. The number of likely N-dealkylation sites (tertiary alicyclic amines) is 1. The molecule has 0 spiro atoms. The number of unbranched alkanes of at least 4 members (excludes halogenated alkanes) is 3. The van der Waals surface area contributed by atoms with Crippen LogP contribution in [0.1, 0.15) is 112 Å². The molecule has 180 valence electrons. The third-order valence-electron chi connectivity index (χ3n) is 7.95. The van der Waals surface area contributed by atoms with E-state index in [1.54, 1.807) is 11.1 Å². The number of hydrogen-bond acceptors (Lipinski definition) is 3. The van der Waals surface area contributed by atoms with E-state index in [1.165, 1.54) is 83.7 Å². The summed E-state index contributed by atoms with van der Waals surface area (Å²) in [5, 5.41) is 3.96. The van der Waals surface area contributed by atoms with Gasteiger partial charge in [-0.15, -0.1) is 0 Å². The van der Waals surface area contributed by atoms with Gasteiger partial charge in [0.25, 0.3) is 0 Å². The van der Waals surface area contributed by atoms with E-state index in [9.17, 15) is 0 Å². The Bertz CT molecular complexity index is 561. The molecule has 0 aromatic carbocycles. The molecule has 0 radical (unpaired) electrons. The Morgan fingerprint density at radius 2 is 1.94 bits per heavy atom. The maximum Gasteiger partial charge on any atom is 0.0571 e. The minimum Gasteiger partial charge on any atom is -0.316 e. The van der Waals surface area contributed by atoms with Gasteiger partial charge in [0.15, 0.2) is 0 Å². The summed E-state index contributed by atoms with van der Waals surface area (Å²) in [7, 11) is 0. The number of hydrogen-bond donors (Lipinski definition) is 2. The molecule has 3 heteroatoms. The predicted molar refractivity (Wildman–Crippen MR) is 137 cm³/mol. The average Bonchev–Trinajstić information content (AvgIpc) is 2.71. The lowest BCUT2D eigenvalue weighted by molar-refractivity contribution is 0.110. The van der Waals surface area contributed by atoms with Crippen molar-refractivity contribution in [3.8, 4) is 0 Å². The van der Waals surface area contributed by atoms with Crippen LogP contribution in [0.15, 0.2) is 23.3 Å². The van der Waals surface area contributed by atoms with Gasteiger partial charge in [-0.2, -0.15) is 0 Å². The van der Waals surface area contributed by atoms with Gasteiger partial charge in [-0.1, -0.05) is 70.3 Å². The third kappa shape index (κ3) is 8.67. The van der Waals surface area contributed by atoms with Gasteiger partial charge in [-0.05, 0) is 70.6 Å². The normalized spacial score (nSPS) is 23.4. The van der Waals surface area contributed by atoms with Crippen molar-refractivity contribution in [3.05, 3.63) is 23.3 Å². The first-order chi connectivity index (χ1) is 14.9. The highest BCUT2D eigenvalue weighted by atomic mass is 15.3. The third-order valence-corrected chi connectivity index (χ3v) is 7.95. The van der Waals surface area contributed by atoms with Gasteiger partial charge in [0, 0.05) is 31.1 Å². The van der Waals surface area contributed by atoms with Crippen molar-refractivity contribution < 1.29 is 0 Å². The van der Waals surface area contributed by atoms with Crippen LogP contribution in [-0.2, 0) is 0 Å². The summed E-state index contributed by atoms with van der Waals surface area (Å²) in [6.45, 7) is 15.5. The molecule has 0 aromatic heterocycles. The van der Waals surface area contributed by atoms with Crippen molar-refractivity contribution in [1.29, 1.82) is 0 Å². The van der Waals surface area contributed by atoms with Crippen molar-refractivity contribution in [3.63, 3.8) is 0 Å². The minimum absolute atomic E-state index is 0.223. The summed E-state index contributed by atoms with van der Waals surface area (Å²) < 4.78 is 0. The Hall–Kier alpha value is -0.640. The lowest BCUT2D eigenvalue weighted by Gasteiger charge is -2.39. The maximum absolute atomic E-state index is 6.49. The molecule has 1 saturated heterocycles. The Labute approximate surface area is 194 Å². The molecule has 1 fully saturated rings. The number of nitrogens with zero attached hydrogens (tertiary/aromatic N) is 1. The van der Waals surface area contributed by atoms with E-state index in [-0.39, 0.29) is 11.6 Å². The van der Waals surface area contributed by atoms with Gasteiger partial charge in [-0.25, -0.2) is 0 Å². The first-order valence-electron chi connectivity index (χ1n) is 13.5. The van der Waals surface area contributed by atoms with E-state index in [4.69, 9.17) is 5.73 Å². The van der Waals surface area contributed by atoms with Crippen molar-refractivity contribution >= 4 is 0 Å². The molecule has 2 rings (SSSR count). The maximum atomic E-state index is 6.49. The van der Waals surface area contributed by atoms with Crippen LogP contribution in [-0.4, -0.2) is 36.7 Å². The smallest absolute Gasteiger partial charge is 0.0571 e. The van der Waals surface area contributed by atoms with Gasteiger partial charge < -0.3 is 11.1 Å². The van der Waals surface area contributed by atoms with E-state index >= 15 is 0 Å². The van der Waals surface area contributed by atoms with E-state index < -0.39 is 0 Å². The fourth-order valence-electron chi connectivity index (χ4n) is 5.29. The second kappa shape index (κ2) is 13.8. The van der Waals surface area contributed by atoms with Crippen molar-refractivity contribution in [2.24, 2.45) is 17.1 Å². The molecular weight excluding hydrogens is 378 g/mol. The SMILES string of the molecule is CCCCCCC(=C(C)C(C)C)C(C)(CCC[C@@H](N)N1CCC1)CNC1C=CCCC1. The van der Waals surface area contributed by atoms with E-state index in [0.29, 0.717) is 12.0 Å². The Morgan fingerprint density at radius 3 is 2.52 bits per heavy atom. The van der Waals surface area contributed by atoms with Gasteiger partial charge in [0.05, 0.1) is 6.17 Å². The number of nitrogens with one attached hydrogen (secondary N) is 1. The second-order valence-electron chi connectivity index (χ2n) is 10.9. The molecule has 1 heterocycles. The molecule has 31 heavy (non-hydrogen) atoms. The molecule has 2 unspecified atom stereocenters. The van der Waals surface area contributed by atoms with Crippen LogP contribution in [0.3, 0.4) is 0 Å². The summed E-state index contributed by atoms with van der Waals surface area (Å²) in [5.74, 6) is 0.624. The van der Waals surface area contributed by atoms with Gasteiger partial charge in [0.2, 0.25) is 0 Å². The van der Waals surface area contributed by atoms with E-state index in [0.717, 1.165) is 13.0 Å². The summed E-state index contributed by atoms with van der Waals surface area (Å²) in [4.78, 5) is 2.45. The summed E-state index contributed by atoms with van der Waals surface area (Å²) in [5.41, 5.74) is 10.1. The van der Waals surface area contributed by atoms with Crippen LogP contribution in [0.25, 0.3) is 0 Å². The summed E-state index contributed by atoms with van der Waals surface area (Å²) in [6.07, 6.45) is 20.4. The first kappa shape index (κ1) is 26.6. The fourth-order valence-corrected chi connectivity index (χ4v) is 5.29. The van der Waals surface area contributed by atoms with Crippen molar-refractivity contribution in [2.45, 2.75) is 124 Å². The highest BCUT2D eigenvalue weighted by Crippen LogP contribution is 2.40. The number of allylic oxidation sites excluding steroid dienone is 2. The molecule has 0 bridgehead atoms. The molecule has 0 saturated carbocycles. The highest BCUT2D eigenvalue weighted by Gasteiger charge is 2.31. The van der Waals surface area contributed by atoms with Crippen LogP contribution >= 0.6 is 0 Å². The zero-order chi connectivity index (χ0) is 22.7. The number of nitrogens with two attached hydrogens (primary N) is 1. The molecule has 1 aliphatic carbocycles. The second-order valence-corrected chi connectivity index (χ2v) is 10.9.